The van der Waals surface area contributed by atoms with Gasteiger partial charge >= 0.3 is 0 Å². The summed E-state index contributed by atoms with van der Waals surface area (Å²) in [5, 5.41) is 15.8. The smallest absolute Gasteiger partial charge is 0.240 e. The van der Waals surface area contributed by atoms with Gasteiger partial charge in [-0.2, -0.15) is 4.98 Å². The van der Waals surface area contributed by atoms with Crippen LogP contribution in [-0.2, 0) is 24.2 Å². The van der Waals surface area contributed by atoms with Crippen molar-refractivity contribution < 1.29 is 14.4 Å². The minimum Gasteiger partial charge on any atom is -0.508 e. The summed E-state index contributed by atoms with van der Waals surface area (Å²) >= 11 is 0. The molecule has 0 radical (unpaired) electrons. The zero-order chi connectivity index (χ0) is 18.4. The van der Waals surface area contributed by atoms with Crippen LogP contribution >= 0.6 is 0 Å². The fraction of sp³-hybridized carbons (Fsp3) is 0.526. The Bertz CT molecular complexity index is 706. The lowest BCUT2D eigenvalue weighted by molar-refractivity contribution is -0.120. The van der Waals surface area contributed by atoms with E-state index < -0.39 is 0 Å². The van der Waals surface area contributed by atoms with Crippen LogP contribution in [0.3, 0.4) is 0 Å². The van der Waals surface area contributed by atoms with Crippen LogP contribution in [0.4, 0.5) is 0 Å². The normalized spacial score (nSPS) is 15.9. The number of phenols is 1. The van der Waals surface area contributed by atoms with Crippen molar-refractivity contribution in [1.29, 1.82) is 0 Å². The van der Waals surface area contributed by atoms with Gasteiger partial charge in [0.05, 0.1) is 13.0 Å². The van der Waals surface area contributed by atoms with Gasteiger partial charge in [0.1, 0.15) is 5.75 Å². The molecule has 3 rings (SSSR count). The fourth-order valence-corrected chi connectivity index (χ4v) is 3.32. The molecule has 1 amide bonds. The lowest BCUT2D eigenvalue weighted by Gasteiger charge is -2.30. The summed E-state index contributed by atoms with van der Waals surface area (Å²) < 4.78 is 5.25. The number of carbonyl (C=O) groups is 1. The van der Waals surface area contributed by atoms with E-state index in [-0.39, 0.29) is 12.3 Å². The Hall–Kier alpha value is -2.41. The van der Waals surface area contributed by atoms with Crippen LogP contribution in [0.5, 0.6) is 5.75 Å². The van der Waals surface area contributed by atoms with E-state index >= 15 is 0 Å². The molecule has 1 saturated heterocycles. The Labute approximate surface area is 153 Å². The molecule has 2 heterocycles. The number of hydrogen-bond donors (Lipinski definition) is 2. The van der Waals surface area contributed by atoms with Gasteiger partial charge < -0.3 is 14.9 Å². The van der Waals surface area contributed by atoms with E-state index in [1.54, 1.807) is 19.2 Å². The fourth-order valence-electron chi connectivity index (χ4n) is 3.32. The molecule has 1 aliphatic heterocycles. The van der Waals surface area contributed by atoms with Crippen molar-refractivity contribution in [2.24, 2.45) is 5.92 Å². The molecule has 1 fully saturated rings. The zero-order valence-electron chi connectivity index (χ0n) is 15.1. The number of aromatic hydroxyl groups is 1. The Morgan fingerprint density at radius 1 is 1.31 bits per heavy atom. The van der Waals surface area contributed by atoms with Crippen molar-refractivity contribution in [3.63, 3.8) is 0 Å². The number of rotatable bonds is 7. The standard InChI is InChI=1S/C19H26N4O3/c1-20-18(25)12-17-21-19(26-22-17)13-23-10-8-15(9-11-23)3-2-14-4-6-16(24)7-5-14/h4-7,15,24H,2-3,8-13H2,1H3,(H,20,25). The van der Waals surface area contributed by atoms with Crippen molar-refractivity contribution in [2.45, 2.75) is 38.6 Å². The lowest BCUT2D eigenvalue weighted by atomic mass is 9.90. The monoisotopic (exact) mass is 358 g/mol. The number of hydrogen-bond acceptors (Lipinski definition) is 6. The molecule has 2 aromatic rings. The molecule has 0 unspecified atom stereocenters. The molecular weight excluding hydrogens is 332 g/mol. The van der Waals surface area contributed by atoms with Gasteiger partial charge in [0.2, 0.25) is 11.8 Å². The summed E-state index contributed by atoms with van der Waals surface area (Å²) in [5.74, 6) is 1.94. The van der Waals surface area contributed by atoms with E-state index in [0.717, 1.165) is 38.3 Å². The predicted octanol–water partition coefficient (Wildman–Crippen LogP) is 1.91. The van der Waals surface area contributed by atoms with Gasteiger partial charge in [-0.15, -0.1) is 0 Å². The summed E-state index contributed by atoms with van der Waals surface area (Å²) in [5.41, 5.74) is 1.28. The van der Waals surface area contributed by atoms with Gasteiger partial charge in [-0.1, -0.05) is 17.3 Å². The highest BCUT2D eigenvalue weighted by molar-refractivity contribution is 5.77. The number of nitrogens with one attached hydrogen (secondary N) is 1. The van der Waals surface area contributed by atoms with Gasteiger partial charge in [-0.3, -0.25) is 9.69 Å². The molecule has 26 heavy (non-hydrogen) atoms. The van der Waals surface area contributed by atoms with Crippen LogP contribution in [-0.4, -0.2) is 46.2 Å². The van der Waals surface area contributed by atoms with E-state index in [1.807, 2.05) is 12.1 Å². The first-order valence-electron chi connectivity index (χ1n) is 9.14. The average molecular weight is 358 g/mol. The molecule has 1 aromatic carbocycles. The van der Waals surface area contributed by atoms with E-state index in [9.17, 15) is 9.90 Å². The van der Waals surface area contributed by atoms with Crippen molar-refractivity contribution in [2.75, 3.05) is 20.1 Å². The summed E-state index contributed by atoms with van der Waals surface area (Å²) in [6, 6.07) is 7.49. The maximum absolute atomic E-state index is 11.3. The molecule has 7 heteroatoms. The molecule has 2 N–H and O–H groups in total. The average Bonchev–Trinajstić information content (AvgIpc) is 3.09. The first-order valence-corrected chi connectivity index (χ1v) is 9.14. The lowest BCUT2D eigenvalue weighted by Crippen LogP contribution is -2.33. The number of carbonyl (C=O) groups excluding carboxylic acids is 1. The van der Waals surface area contributed by atoms with Crippen LogP contribution < -0.4 is 5.32 Å². The van der Waals surface area contributed by atoms with Crippen LogP contribution in [0, 0.1) is 5.92 Å². The first kappa shape index (κ1) is 18.4. The number of likely N-dealkylation sites (tertiary alicyclic amines) is 1. The minimum atomic E-state index is -0.119. The van der Waals surface area contributed by atoms with E-state index in [0.29, 0.717) is 24.0 Å². The van der Waals surface area contributed by atoms with Gasteiger partial charge in [0.15, 0.2) is 5.82 Å². The number of likely N-dealkylation sites (N-methyl/N-ethyl adjacent to an activating group) is 1. The number of phenolic OH excluding ortho intramolecular Hbond substituents is 1. The van der Waals surface area contributed by atoms with Gasteiger partial charge in [0, 0.05) is 7.05 Å². The molecule has 1 aliphatic rings. The minimum absolute atomic E-state index is 0.119. The molecule has 0 saturated carbocycles. The number of aryl methyl sites for hydroxylation is 1. The predicted molar refractivity (Wildman–Crippen MR) is 96.5 cm³/mol. The third-order valence-electron chi connectivity index (χ3n) is 4.95. The Balaban J connectivity index is 1.39. The van der Waals surface area contributed by atoms with Crippen molar-refractivity contribution >= 4 is 5.91 Å². The number of nitrogens with zero attached hydrogens (tertiary/aromatic N) is 3. The molecule has 7 nitrogen and oxygen atoms in total. The first-order chi connectivity index (χ1) is 12.6. The molecule has 0 spiro atoms. The van der Waals surface area contributed by atoms with Gasteiger partial charge in [-0.25, -0.2) is 0 Å². The number of benzene rings is 1. The number of piperidine rings is 1. The number of amides is 1. The second-order valence-electron chi connectivity index (χ2n) is 6.88. The maximum atomic E-state index is 11.3. The van der Waals surface area contributed by atoms with Crippen LogP contribution in [0.2, 0.25) is 0 Å². The Morgan fingerprint density at radius 2 is 2.04 bits per heavy atom. The van der Waals surface area contributed by atoms with Crippen molar-refractivity contribution in [3.8, 4) is 5.75 Å². The van der Waals surface area contributed by atoms with Gasteiger partial charge in [-0.05, 0) is 62.4 Å². The summed E-state index contributed by atoms with van der Waals surface area (Å²) in [4.78, 5) is 18.0. The molecule has 0 atom stereocenters. The maximum Gasteiger partial charge on any atom is 0.240 e. The highest BCUT2D eigenvalue weighted by atomic mass is 16.5. The Kier molecular flexibility index (Phi) is 6.22. The van der Waals surface area contributed by atoms with Crippen molar-refractivity contribution in [3.05, 3.63) is 41.5 Å². The third kappa shape index (κ3) is 5.29. The second kappa shape index (κ2) is 8.80. The summed E-state index contributed by atoms with van der Waals surface area (Å²) in [6.45, 7) is 2.69. The van der Waals surface area contributed by atoms with Crippen LogP contribution in [0.15, 0.2) is 28.8 Å². The topological polar surface area (TPSA) is 91.5 Å². The summed E-state index contributed by atoms with van der Waals surface area (Å²) in [6.07, 6.45) is 4.71. The van der Waals surface area contributed by atoms with Crippen LogP contribution in [0.25, 0.3) is 0 Å². The van der Waals surface area contributed by atoms with Crippen LogP contribution in [0.1, 0.15) is 36.5 Å². The number of aromatic nitrogens is 2. The molecule has 1 aromatic heterocycles. The highest BCUT2D eigenvalue weighted by Gasteiger charge is 2.21. The molecule has 140 valence electrons. The summed E-state index contributed by atoms with van der Waals surface area (Å²) in [7, 11) is 1.59. The SMILES string of the molecule is CNC(=O)Cc1noc(CN2CCC(CCc3ccc(O)cc3)CC2)n1. The largest absolute Gasteiger partial charge is 0.508 e. The van der Waals surface area contributed by atoms with E-state index in [2.05, 4.69) is 20.4 Å². The van der Waals surface area contributed by atoms with Gasteiger partial charge in [0.25, 0.3) is 0 Å². The Morgan fingerprint density at radius 3 is 2.73 bits per heavy atom. The molecule has 0 aliphatic carbocycles. The third-order valence-corrected chi connectivity index (χ3v) is 4.95. The second-order valence-corrected chi connectivity index (χ2v) is 6.88. The van der Waals surface area contributed by atoms with Crippen molar-refractivity contribution in [1.82, 2.24) is 20.4 Å². The molecule has 0 bridgehead atoms. The van der Waals surface area contributed by atoms with E-state index in [1.165, 1.54) is 12.0 Å². The quantitative estimate of drug-likeness (QED) is 0.786. The zero-order valence-corrected chi connectivity index (χ0v) is 15.1. The van der Waals surface area contributed by atoms with E-state index in [4.69, 9.17) is 4.52 Å². The highest BCUT2D eigenvalue weighted by Crippen LogP contribution is 2.24. The molecular formula is C19H26N4O3.